The molecule has 5 heterocycles. The number of hydrogen-bond acceptors (Lipinski definition) is 10. The number of benzene rings is 1. The van der Waals surface area contributed by atoms with E-state index in [0.29, 0.717) is 50.6 Å². The molecule has 6 rings (SSSR count). The van der Waals surface area contributed by atoms with Gasteiger partial charge in [-0.3, -0.25) is 4.79 Å². The van der Waals surface area contributed by atoms with Crippen LogP contribution in [-0.2, 0) is 9.53 Å². The van der Waals surface area contributed by atoms with Gasteiger partial charge in [-0.05, 0) is 43.0 Å². The van der Waals surface area contributed by atoms with Crippen molar-refractivity contribution >= 4 is 52.8 Å². The Morgan fingerprint density at radius 3 is 2.97 bits per heavy atom. The molecule has 192 valence electrons. The van der Waals surface area contributed by atoms with Crippen LogP contribution in [0.2, 0.25) is 0 Å². The van der Waals surface area contributed by atoms with E-state index in [2.05, 4.69) is 25.6 Å². The molecule has 1 unspecified atom stereocenters. The second-order valence-electron chi connectivity index (χ2n) is 8.21. The fourth-order valence-electron chi connectivity index (χ4n) is 4.45. The highest BCUT2D eigenvalue weighted by atomic mass is 35.5. The highest BCUT2D eigenvalue weighted by Crippen LogP contribution is 2.47. The molecule has 0 fully saturated rings. The first-order valence-corrected chi connectivity index (χ1v) is 12.1. The predicted molar refractivity (Wildman–Crippen MR) is 137 cm³/mol. The molecule has 0 bridgehead atoms. The Bertz CT molecular complexity index is 1540. The number of Topliss-reactive ketones (excluding diaryl/α,β-unsaturated/α-hetero) is 1. The van der Waals surface area contributed by atoms with Crippen LogP contribution in [0, 0.1) is 0 Å². The van der Waals surface area contributed by atoms with Gasteiger partial charge in [-0.15, -0.1) is 12.4 Å². The van der Waals surface area contributed by atoms with Gasteiger partial charge in [0.1, 0.15) is 17.2 Å². The number of furan rings is 1. The average molecular weight is 544 g/mol. The van der Waals surface area contributed by atoms with Crippen LogP contribution in [-0.4, -0.2) is 51.7 Å². The summed E-state index contributed by atoms with van der Waals surface area (Å²) in [6.45, 7) is 2.55. The molecule has 1 atom stereocenters. The first-order chi connectivity index (χ1) is 17.5. The Labute approximate surface area is 220 Å². The molecule has 0 radical (unpaired) electrons. The molecule has 13 heteroatoms. The Hall–Kier alpha value is -3.87. The number of hydrogen-bond donors (Lipinski definition) is 5. The van der Waals surface area contributed by atoms with E-state index in [-0.39, 0.29) is 43.0 Å². The summed E-state index contributed by atoms with van der Waals surface area (Å²) in [7, 11) is 0. The van der Waals surface area contributed by atoms with Crippen LogP contribution in [0.25, 0.3) is 11.0 Å². The number of rotatable bonds is 5. The van der Waals surface area contributed by atoms with Crippen LogP contribution >= 0.6 is 24.2 Å². The first kappa shape index (κ1) is 24.8. The normalized spacial score (nSPS) is 16.6. The summed E-state index contributed by atoms with van der Waals surface area (Å²) in [4.78, 5) is 35.5. The maximum absolute atomic E-state index is 13.0. The number of nitrogens with zero attached hydrogens (tertiary/aromatic N) is 1. The third-order valence-corrected chi connectivity index (χ3v) is 6.75. The summed E-state index contributed by atoms with van der Waals surface area (Å²) < 4.78 is 16.4. The first-order valence-electron chi connectivity index (χ1n) is 11.3. The molecule has 0 saturated carbocycles. The smallest absolute Gasteiger partial charge is 0.508 e. The highest BCUT2D eigenvalue weighted by molar-refractivity contribution is 7.99. The number of carbonyl (C=O) groups is 2. The quantitative estimate of drug-likeness (QED) is 0.230. The van der Waals surface area contributed by atoms with Crippen molar-refractivity contribution in [1.82, 2.24) is 20.3 Å². The Morgan fingerprint density at radius 1 is 1.27 bits per heavy atom. The maximum atomic E-state index is 13.0. The number of anilines is 1. The fraction of sp³-hybridized carbons (Fsp3) is 0.208. The van der Waals surface area contributed by atoms with Gasteiger partial charge in [-0.1, -0.05) is 0 Å². The van der Waals surface area contributed by atoms with Crippen molar-refractivity contribution in [2.45, 2.75) is 23.1 Å². The third-order valence-electron chi connectivity index (χ3n) is 5.94. The lowest BCUT2D eigenvalue weighted by Crippen LogP contribution is -2.39. The lowest BCUT2D eigenvalue weighted by molar-refractivity contribution is -0.115. The topological polar surface area (TPSA) is 154 Å². The molecular weight excluding hydrogens is 522 g/mol. The number of ether oxygens (including phenoxy) is 2. The minimum Gasteiger partial charge on any atom is -0.508 e. The van der Waals surface area contributed by atoms with Crippen molar-refractivity contribution in [3.8, 4) is 11.6 Å². The number of aromatic amines is 2. The van der Waals surface area contributed by atoms with Crippen molar-refractivity contribution in [2.75, 3.05) is 25.0 Å². The zero-order valence-electron chi connectivity index (χ0n) is 19.4. The van der Waals surface area contributed by atoms with E-state index in [1.807, 2.05) is 12.1 Å². The molecule has 3 aromatic heterocycles. The van der Waals surface area contributed by atoms with E-state index in [1.165, 1.54) is 11.8 Å². The molecule has 0 spiro atoms. The summed E-state index contributed by atoms with van der Waals surface area (Å²) in [5, 5.41) is 17.2. The molecule has 4 aromatic rings. The van der Waals surface area contributed by atoms with Gasteiger partial charge in [0.2, 0.25) is 5.88 Å². The summed E-state index contributed by atoms with van der Waals surface area (Å²) in [6, 6.07) is 8.58. The Morgan fingerprint density at radius 2 is 2.14 bits per heavy atom. The number of imidazole rings is 1. The van der Waals surface area contributed by atoms with Gasteiger partial charge in [0.05, 0.1) is 30.1 Å². The van der Waals surface area contributed by atoms with E-state index in [4.69, 9.17) is 13.9 Å². The highest BCUT2D eigenvalue weighted by Gasteiger charge is 2.39. The summed E-state index contributed by atoms with van der Waals surface area (Å²) >= 11 is 1.30. The molecule has 5 N–H and O–H groups in total. The molecule has 2 aliphatic rings. The number of aromatic nitrogens is 3. The van der Waals surface area contributed by atoms with Crippen molar-refractivity contribution in [3.63, 3.8) is 0 Å². The number of halogens is 1. The molecular formula is C24H22ClN5O6S. The van der Waals surface area contributed by atoms with Crippen LogP contribution in [0.4, 0.5) is 10.5 Å². The van der Waals surface area contributed by atoms with Gasteiger partial charge in [-0.25, -0.2) is 9.78 Å². The number of aromatic hydroxyl groups is 1. The lowest BCUT2D eigenvalue weighted by atomic mass is 9.82. The van der Waals surface area contributed by atoms with Crippen LogP contribution in [0.1, 0.15) is 24.2 Å². The number of fused-ring (bicyclic) bond motifs is 2. The average Bonchev–Trinajstić information content (AvgIpc) is 3.57. The number of carbonyl (C=O) groups excluding carboxylic acids is 2. The number of H-pyrrole nitrogens is 2. The van der Waals surface area contributed by atoms with E-state index in [9.17, 15) is 14.7 Å². The van der Waals surface area contributed by atoms with Crippen molar-refractivity contribution in [2.24, 2.45) is 0 Å². The van der Waals surface area contributed by atoms with Crippen molar-refractivity contribution in [3.05, 3.63) is 59.1 Å². The van der Waals surface area contributed by atoms with Crippen LogP contribution in [0.3, 0.4) is 0 Å². The second-order valence-corrected chi connectivity index (χ2v) is 9.21. The van der Waals surface area contributed by atoms with E-state index in [0.717, 1.165) is 5.52 Å². The zero-order valence-corrected chi connectivity index (χ0v) is 21.0. The predicted octanol–water partition coefficient (Wildman–Crippen LogP) is 4.28. The fourth-order valence-corrected chi connectivity index (χ4v) is 5.22. The summed E-state index contributed by atoms with van der Waals surface area (Å²) in [6.07, 6.45) is 0.871. The van der Waals surface area contributed by atoms with Gasteiger partial charge in [0.25, 0.3) is 0 Å². The van der Waals surface area contributed by atoms with Crippen LogP contribution < -0.4 is 15.4 Å². The minimum absolute atomic E-state index is 0. The lowest BCUT2D eigenvalue weighted by Gasteiger charge is -2.31. The standard InChI is InChI=1S/C24H21N5O6S.ClH/c1-2-33-24(32)35-22-21-12(8-26-22)19(20-15(27-21)9-25-10-16(20)31)17-5-6-18(34-17)36-23-28-13-4-3-11(30)7-14(13)29-23;/h3-8,19,25-27,30H,2,9-10H2,1H3,(H,28,29);1H. The van der Waals surface area contributed by atoms with E-state index < -0.39 is 12.1 Å². The van der Waals surface area contributed by atoms with Gasteiger partial charge in [0.15, 0.2) is 16.0 Å². The molecule has 0 aliphatic carbocycles. The zero-order chi connectivity index (χ0) is 24.8. The monoisotopic (exact) mass is 543 g/mol. The van der Waals surface area contributed by atoms with Gasteiger partial charge in [0, 0.05) is 35.6 Å². The number of ketones is 1. The largest absolute Gasteiger partial charge is 0.515 e. The van der Waals surface area contributed by atoms with Crippen LogP contribution in [0.15, 0.2) is 62.5 Å². The molecule has 37 heavy (non-hydrogen) atoms. The Kier molecular flexibility index (Phi) is 6.63. The van der Waals surface area contributed by atoms with Gasteiger partial charge < -0.3 is 39.6 Å². The van der Waals surface area contributed by atoms with Gasteiger partial charge >= 0.3 is 6.16 Å². The number of nitrogens with one attached hydrogen (secondary N) is 4. The number of phenolic OH excluding ortho intramolecular Hbond substituents is 1. The van der Waals surface area contributed by atoms with E-state index in [1.54, 1.807) is 31.3 Å². The summed E-state index contributed by atoms with van der Waals surface area (Å²) in [5.74, 6) is 0.365. The summed E-state index contributed by atoms with van der Waals surface area (Å²) in [5.41, 5.74) is 4.00. The molecule has 2 aliphatic heterocycles. The van der Waals surface area contributed by atoms with Crippen molar-refractivity contribution < 1.29 is 28.6 Å². The molecule has 11 nitrogen and oxygen atoms in total. The maximum Gasteiger partial charge on any atom is 0.515 e. The SMILES string of the molecule is CCOC(=O)Oc1[nH]cc2c1NC1=C(C(=O)CNC1)C2c1ccc(Sc2nc3cc(O)ccc3[nH]2)o1.Cl. The molecule has 0 amide bonds. The minimum atomic E-state index is -0.825. The van der Waals surface area contributed by atoms with Gasteiger partial charge in [-0.2, -0.15) is 0 Å². The molecule has 0 saturated heterocycles. The third kappa shape index (κ3) is 4.54. The Balaban J connectivity index is 0.00000280. The van der Waals surface area contributed by atoms with Crippen LogP contribution in [0.5, 0.6) is 11.6 Å². The van der Waals surface area contributed by atoms with E-state index >= 15 is 0 Å². The number of phenols is 1. The van der Waals surface area contributed by atoms with Crippen molar-refractivity contribution in [1.29, 1.82) is 0 Å². The molecule has 1 aromatic carbocycles. The second kappa shape index (κ2) is 9.88.